The summed E-state index contributed by atoms with van der Waals surface area (Å²) >= 11 is 2.39. The number of nitrogens with one attached hydrogen (secondary N) is 1. The van der Waals surface area contributed by atoms with Crippen LogP contribution in [0.3, 0.4) is 0 Å². The summed E-state index contributed by atoms with van der Waals surface area (Å²) in [7, 11) is 0. The molecule has 0 radical (unpaired) electrons. The molecule has 18 heavy (non-hydrogen) atoms. The maximum atomic E-state index is 12.5. The highest BCUT2D eigenvalue weighted by molar-refractivity contribution is 14.1. The Hall–Kier alpha value is 0.360. The molecular formula is C15H30INO. The lowest BCUT2D eigenvalue weighted by Crippen LogP contribution is -2.52. The summed E-state index contributed by atoms with van der Waals surface area (Å²) in [4.78, 5) is 12.5. The van der Waals surface area contributed by atoms with Crippen LogP contribution in [0.4, 0.5) is 0 Å². The van der Waals surface area contributed by atoms with E-state index in [0.717, 1.165) is 6.42 Å². The van der Waals surface area contributed by atoms with Crippen molar-refractivity contribution in [3.63, 3.8) is 0 Å². The standard InChI is InChI=1S/C15H30INO/c1-12(2,3)11(18)13(4,5)10-14(6,7)17-15(8,9)16/h17H,10H2,1-9H3. The Kier molecular flexibility index (Phi) is 5.50. The quantitative estimate of drug-likeness (QED) is 0.439. The van der Waals surface area contributed by atoms with Gasteiger partial charge in [-0.3, -0.25) is 10.1 Å². The zero-order valence-electron chi connectivity index (χ0n) is 13.5. The first-order valence-electron chi connectivity index (χ1n) is 6.60. The largest absolute Gasteiger partial charge is 0.299 e. The van der Waals surface area contributed by atoms with Gasteiger partial charge in [0.1, 0.15) is 5.78 Å². The number of ketones is 1. The van der Waals surface area contributed by atoms with Crippen molar-refractivity contribution in [2.45, 2.75) is 77.8 Å². The van der Waals surface area contributed by atoms with E-state index in [-0.39, 0.29) is 19.9 Å². The van der Waals surface area contributed by atoms with E-state index in [9.17, 15) is 4.79 Å². The highest BCUT2D eigenvalue weighted by Crippen LogP contribution is 2.36. The van der Waals surface area contributed by atoms with Crippen LogP contribution in [-0.4, -0.2) is 14.9 Å². The lowest BCUT2D eigenvalue weighted by molar-refractivity contribution is -0.136. The first-order valence-corrected chi connectivity index (χ1v) is 7.68. The molecule has 3 heteroatoms. The van der Waals surface area contributed by atoms with Gasteiger partial charge in [0.25, 0.3) is 0 Å². The van der Waals surface area contributed by atoms with E-state index in [0.29, 0.717) is 5.78 Å². The first kappa shape index (κ1) is 18.4. The lowest BCUT2D eigenvalue weighted by Gasteiger charge is -2.41. The van der Waals surface area contributed by atoms with Crippen molar-refractivity contribution in [3.05, 3.63) is 0 Å². The third-order valence-corrected chi connectivity index (χ3v) is 3.09. The van der Waals surface area contributed by atoms with E-state index in [1.807, 2.05) is 20.8 Å². The molecule has 108 valence electrons. The highest BCUT2D eigenvalue weighted by Gasteiger charge is 2.40. The molecule has 0 saturated carbocycles. The Morgan fingerprint density at radius 3 is 1.61 bits per heavy atom. The van der Waals surface area contributed by atoms with Crippen LogP contribution in [0.5, 0.6) is 0 Å². The smallest absolute Gasteiger partial charge is 0.143 e. The average Bonchev–Trinajstić information content (AvgIpc) is 1.93. The first-order chi connectivity index (χ1) is 7.57. The van der Waals surface area contributed by atoms with Gasteiger partial charge in [0, 0.05) is 16.4 Å². The van der Waals surface area contributed by atoms with Gasteiger partial charge in [0.2, 0.25) is 0 Å². The van der Waals surface area contributed by atoms with Crippen molar-refractivity contribution in [2.75, 3.05) is 0 Å². The molecule has 0 amide bonds. The van der Waals surface area contributed by atoms with Gasteiger partial charge >= 0.3 is 0 Å². The SMILES string of the molecule is CC(C)(I)NC(C)(C)CC(C)(C)C(=O)C(C)(C)C. The number of carbonyl (C=O) groups is 1. The second kappa shape index (κ2) is 5.39. The molecule has 0 spiro atoms. The van der Waals surface area contributed by atoms with Crippen LogP contribution >= 0.6 is 22.6 Å². The number of hydrogen-bond acceptors (Lipinski definition) is 2. The Morgan fingerprint density at radius 1 is 0.944 bits per heavy atom. The summed E-state index contributed by atoms with van der Waals surface area (Å²) in [6.45, 7) is 18.8. The van der Waals surface area contributed by atoms with Gasteiger partial charge in [-0.2, -0.15) is 0 Å². The molecule has 2 nitrogen and oxygen atoms in total. The molecule has 0 fully saturated rings. The predicted octanol–water partition coefficient (Wildman–Crippen LogP) is 4.56. The third-order valence-electron chi connectivity index (χ3n) is 2.82. The molecule has 1 N–H and O–H groups in total. The predicted molar refractivity (Wildman–Crippen MR) is 88.2 cm³/mol. The fourth-order valence-corrected chi connectivity index (χ4v) is 3.78. The molecule has 0 aromatic carbocycles. The average molecular weight is 367 g/mol. The van der Waals surface area contributed by atoms with Crippen molar-refractivity contribution in [1.29, 1.82) is 0 Å². The van der Waals surface area contributed by atoms with Crippen LogP contribution in [0.15, 0.2) is 0 Å². The maximum Gasteiger partial charge on any atom is 0.143 e. The van der Waals surface area contributed by atoms with Crippen LogP contribution in [0.1, 0.15) is 68.7 Å². The van der Waals surface area contributed by atoms with E-state index in [4.69, 9.17) is 0 Å². The molecule has 0 aromatic heterocycles. The summed E-state index contributed by atoms with van der Waals surface area (Å²) in [6, 6.07) is 0. The Bertz CT molecular complexity index is 305. The number of hydrogen-bond donors (Lipinski definition) is 1. The zero-order chi connectivity index (χ0) is 15.0. The fourth-order valence-electron chi connectivity index (χ4n) is 3.05. The molecule has 0 aliphatic rings. The Balaban J connectivity index is 4.92. The Labute approximate surface area is 127 Å². The second-order valence-electron chi connectivity index (χ2n) is 8.12. The van der Waals surface area contributed by atoms with E-state index in [1.165, 1.54) is 0 Å². The summed E-state index contributed by atoms with van der Waals surface area (Å²) in [5.74, 6) is 0.330. The fraction of sp³-hybridized carbons (Fsp3) is 0.933. The molecule has 0 aliphatic heterocycles. The highest BCUT2D eigenvalue weighted by atomic mass is 127. The molecule has 0 aliphatic carbocycles. The van der Waals surface area contributed by atoms with Gasteiger partial charge in [0.05, 0.1) is 3.55 Å². The van der Waals surface area contributed by atoms with Crippen molar-refractivity contribution in [2.24, 2.45) is 10.8 Å². The van der Waals surface area contributed by atoms with Crippen LogP contribution in [0.25, 0.3) is 0 Å². The molecule has 0 aromatic rings. The minimum Gasteiger partial charge on any atom is -0.299 e. The number of carbonyl (C=O) groups excluding carboxylic acids is 1. The summed E-state index contributed by atoms with van der Waals surface area (Å²) in [5.41, 5.74) is -0.648. The molecular weight excluding hydrogens is 337 g/mol. The second-order valence-corrected chi connectivity index (χ2v) is 10.8. The van der Waals surface area contributed by atoms with Gasteiger partial charge in [-0.1, -0.05) is 57.2 Å². The van der Waals surface area contributed by atoms with Crippen molar-refractivity contribution in [1.82, 2.24) is 5.32 Å². The number of rotatable bonds is 5. The van der Waals surface area contributed by atoms with Gasteiger partial charge in [-0.15, -0.1) is 0 Å². The summed E-state index contributed by atoms with van der Waals surface area (Å²) in [6.07, 6.45) is 0.836. The van der Waals surface area contributed by atoms with E-state index in [1.54, 1.807) is 0 Å². The zero-order valence-corrected chi connectivity index (χ0v) is 15.7. The van der Waals surface area contributed by atoms with Crippen molar-refractivity contribution >= 4 is 28.4 Å². The van der Waals surface area contributed by atoms with Crippen LogP contribution in [0, 0.1) is 10.8 Å². The molecule has 0 rings (SSSR count). The molecule has 0 heterocycles. The summed E-state index contributed by atoms with van der Waals surface area (Å²) in [5, 5.41) is 3.59. The van der Waals surface area contributed by atoms with Gasteiger partial charge < -0.3 is 0 Å². The Morgan fingerprint density at radius 2 is 1.33 bits per heavy atom. The number of Topliss-reactive ketones (excluding diaryl/α,β-unsaturated/α-hetero) is 1. The minimum atomic E-state index is -0.309. The summed E-state index contributed by atoms with van der Waals surface area (Å²) < 4.78 is 0.0299. The van der Waals surface area contributed by atoms with E-state index >= 15 is 0 Å². The molecule has 0 saturated heterocycles. The van der Waals surface area contributed by atoms with Crippen molar-refractivity contribution in [3.8, 4) is 0 Å². The lowest BCUT2D eigenvalue weighted by atomic mass is 9.69. The van der Waals surface area contributed by atoms with Gasteiger partial charge in [-0.05, 0) is 34.1 Å². The molecule has 0 bridgehead atoms. The van der Waals surface area contributed by atoms with Crippen LogP contribution in [-0.2, 0) is 4.79 Å². The van der Waals surface area contributed by atoms with E-state index < -0.39 is 0 Å². The van der Waals surface area contributed by atoms with Gasteiger partial charge in [0.15, 0.2) is 0 Å². The van der Waals surface area contributed by atoms with Crippen LogP contribution < -0.4 is 5.32 Å². The molecule has 0 unspecified atom stereocenters. The topological polar surface area (TPSA) is 29.1 Å². The normalized spacial score (nSPS) is 14.8. The van der Waals surface area contributed by atoms with Crippen LogP contribution in [0.2, 0.25) is 0 Å². The third kappa shape index (κ3) is 6.50. The minimum absolute atomic E-state index is 0.0299. The number of alkyl halides is 1. The maximum absolute atomic E-state index is 12.5. The van der Waals surface area contributed by atoms with Gasteiger partial charge in [-0.25, -0.2) is 0 Å². The monoisotopic (exact) mass is 367 g/mol. The van der Waals surface area contributed by atoms with E-state index in [2.05, 4.69) is 69.5 Å². The number of halogens is 1. The molecule has 0 atom stereocenters. The van der Waals surface area contributed by atoms with Crippen molar-refractivity contribution < 1.29 is 4.79 Å².